The Hall–Kier alpha value is -2.25. The van der Waals surface area contributed by atoms with Gasteiger partial charge in [-0.2, -0.15) is 13.2 Å². The van der Waals surface area contributed by atoms with Crippen LogP contribution in [0.15, 0.2) is 35.5 Å². The molecule has 0 aliphatic carbocycles. The monoisotopic (exact) mass is 304 g/mol. The number of nitrogens with one attached hydrogen (secondary N) is 1. The lowest BCUT2D eigenvalue weighted by atomic mass is 10.3. The summed E-state index contributed by atoms with van der Waals surface area (Å²) in [7, 11) is 0. The van der Waals surface area contributed by atoms with E-state index < -0.39 is 24.5 Å². The van der Waals surface area contributed by atoms with Gasteiger partial charge in [-0.25, -0.2) is 0 Å². The molecule has 0 radical (unpaired) electrons. The molecule has 2 amide bonds. The van der Waals surface area contributed by atoms with Crippen molar-refractivity contribution >= 4 is 11.8 Å². The van der Waals surface area contributed by atoms with Crippen molar-refractivity contribution in [2.75, 3.05) is 19.6 Å². The summed E-state index contributed by atoms with van der Waals surface area (Å²) < 4.78 is 41.8. The average Bonchev–Trinajstić information content (AvgIpc) is 2.90. The maximum Gasteiger partial charge on any atom is 0.406 e. The second-order valence-electron chi connectivity index (χ2n) is 4.16. The highest BCUT2D eigenvalue weighted by molar-refractivity contribution is 5.91. The molecule has 1 N–H and O–H groups in total. The van der Waals surface area contributed by atoms with Crippen LogP contribution in [-0.4, -0.2) is 42.5 Å². The molecule has 21 heavy (non-hydrogen) atoms. The third-order valence-corrected chi connectivity index (χ3v) is 2.44. The summed E-state index contributed by atoms with van der Waals surface area (Å²) in [4.78, 5) is 23.8. The molecule has 0 saturated carbocycles. The Balaban J connectivity index is 2.43. The van der Waals surface area contributed by atoms with E-state index in [4.69, 9.17) is 4.42 Å². The SMILES string of the molecule is C=CCN(CC(F)(F)F)C(=O)CCNC(=O)c1ccco1. The number of alkyl halides is 3. The molecule has 8 heteroatoms. The van der Waals surface area contributed by atoms with Gasteiger partial charge in [-0.05, 0) is 12.1 Å². The van der Waals surface area contributed by atoms with Crippen molar-refractivity contribution in [2.24, 2.45) is 0 Å². The van der Waals surface area contributed by atoms with E-state index in [-0.39, 0.29) is 25.3 Å². The van der Waals surface area contributed by atoms with Crippen molar-refractivity contribution in [1.82, 2.24) is 10.2 Å². The predicted molar refractivity (Wildman–Crippen MR) is 68.5 cm³/mol. The number of nitrogens with zero attached hydrogens (tertiary/aromatic N) is 1. The van der Waals surface area contributed by atoms with E-state index in [0.717, 1.165) is 0 Å². The summed E-state index contributed by atoms with van der Waals surface area (Å²) in [5.41, 5.74) is 0. The number of carbonyl (C=O) groups is 2. The van der Waals surface area contributed by atoms with Crippen molar-refractivity contribution in [3.63, 3.8) is 0 Å². The number of hydrogen-bond acceptors (Lipinski definition) is 3. The fraction of sp³-hybridized carbons (Fsp3) is 0.385. The molecule has 5 nitrogen and oxygen atoms in total. The van der Waals surface area contributed by atoms with E-state index >= 15 is 0 Å². The van der Waals surface area contributed by atoms with Crippen LogP contribution in [0, 0.1) is 0 Å². The normalized spacial score (nSPS) is 11.0. The van der Waals surface area contributed by atoms with E-state index in [0.29, 0.717) is 4.90 Å². The van der Waals surface area contributed by atoms with Gasteiger partial charge in [-0.15, -0.1) is 6.58 Å². The lowest BCUT2D eigenvalue weighted by Crippen LogP contribution is -2.40. The van der Waals surface area contributed by atoms with Crippen molar-refractivity contribution in [3.8, 4) is 0 Å². The maximum atomic E-state index is 12.3. The summed E-state index contributed by atoms with van der Waals surface area (Å²) in [5.74, 6) is -1.17. The van der Waals surface area contributed by atoms with Crippen LogP contribution in [0.2, 0.25) is 0 Å². The molecule has 0 bridgehead atoms. The molecular formula is C13H15F3N2O3. The van der Waals surface area contributed by atoms with Crippen LogP contribution in [-0.2, 0) is 4.79 Å². The Kier molecular flexibility index (Phi) is 6.01. The van der Waals surface area contributed by atoms with Gasteiger partial charge >= 0.3 is 6.18 Å². The molecule has 0 unspecified atom stereocenters. The zero-order valence-corrected chi connectivity index (χ0v) is 11.2. The molecule has 0 aliphatic rings. The summed E-state index contributed by atoms with van der Waals surface area (Å²) in [5, 5.41) is 2.39. The van der Waals surface area contributed by atoms with Crippen LogP contribution in [0.3, 0.4) is 0 Å². The van der Waals surface area contributed by atoms with E-state index in [1.54, 1.807) is 0 Å². The van der Waals surface area contributed by atoms with Crippen LogP contribution in [0.4, 0.5) is 13.2 Å². The van der Waals surface area contributed by atoms with Crippen molar-refractivity contribution in [3.05, 3.63) is 36.8 Å². The van der Waals surface area contributed by atoms with Gasteiger partial charge in [0.2, 0.25) is 5.91 Å². The zero-order chi connectivity index (χ0) is 15.9. The lowest BCUT2D eigenvalue weighted by Gasteiger charge is -2.22. The molecule has 0 saturated heterocycles. The second-order valence-corrected chi connectivity index (χ2v) is 4.16. The van der Waals surface area contributed by atoms with E-state index in [1.807, 2.05) is 0 Å². The number of furan rings is 1. The molecule has 0 atom stereocenters. The first-order chi connectivity index (χ1) is 9.83. The molecule has 0 fully saturated rings. The standard InChI is InChI=1S/C13H15F3N2O3/c1-2-7-18(9-13(14,15)16)11(19)5-6-17-12(20)10-4-3-8-21-10/h2-4,8H,1,5-7,9H2,(H,17,20). The van der Waals surface area contributed by atoms with Gasteiger partial charge in [0, 0.05) is 19.5 Å². The summed E-state index contributed by atoms with van der Waals surface area (Å²) in [6.07, 6.45) is -2.19. The van der Waals surface area contributed by atoms with Gasteiger partial charge < -0.3 is 14.6 Å². The smallest absolute Gasteiger partial charge is 0.406 e. The molecular weight excluding hydrogens is 289 g/mol. The molecule has 0 aromatic carbocycles. The van der Waals surface area contributed by atoms with Gasteiger partial charge in [-0.1, -0.05) is 6.08 Å². The average molecular weight is 304 g/mol. The molecule has 1 rings (SSSR count). The van der Waals surface area contributed by atoms with E-state index in [1.165, 1.54) is 24.5 Å². The van der Waals surface area contributed by atoms with Crippen LogP contribution in [0.1, 0.15) is 17.0 Å². The van der Waals surface area contributed by atoms with E-state index in [9.17, 15) is 22.8 Å². The summed E-state index contributed by atoms with van der Waals surface area (Å²) >= 11 is 0. The highest BCUT2D eigenvalue weighted by Gasteiger charge is 2.32. The number of amides is 2. The predicted octanol–water partition coefficient (Wildman–Crippen LogP) is 1.98. The molecule has 0 spiro atoms. The van der Waals surface area contributed by atoms with Gasteiger partial charge in [0.15, 0.2) is 5.76 Å². The topological polar surface area (TPSA) is 62.6 Å². The molecule has 1 aromatic rings. The quantitative estimate of drug-likeness (QED) is 0.783. The van der Waals surface area contributed by atoms with Crippen molar-refractivity contribution in [1.29, 1.82) is 0 Å². The highest BCUT2D eigenvalue weighted by atomic mass is 19.4. The summed E-state index contributed by atoms with van der Waals surface area (Å²) in [6, 6.07) is 2.96. The third kappa shape index (κ3) is 6.15. The molecule has 1 aromatic heterocycles. The van der Waals surface area contributed by atoms with Crippen LogP contribution in [0.5, 0.6) is 0 Å². The van der Waals surface area contributed by atoms with Crippen LogP contribution >= 0.6 is 0 Å². The first kappa shape index (κ1) is 16.8. The minimum atomic E-state index is -4.48. The number of halogens is 3. The number of carbonyl (C=O) groups excluding carboxylic acids is 2. The maximum absolute atomic E-state index is 12.3. The van der Waals surface area contributed by atoms with E-state index in [2.05, 4.69) is 11.9 Å². The highest BCUT2D eigenvalue weighted by Crippen LogP contribution is 2.16. The Morgan fingerprint density at radius 1 is 1.43 bits per heavy atom. The third-order valence-electron chi connectivity index (χ3n) is 2.44. The van der Waals surface area contributed by atoms with Gasteiger partial charge in [0.1, 0.15) is 6.54 Å². The number of hydrogen-bond donors (Lipinski definition) is 1. The minimum absolute atomic E-state index is 0.0701. The Bertz CT molecular complexity index is 483. The Morgan fingerprint density at radius 2 is 2.14 bits per heavy atom. The van der Waals surface area contributed by atoms with Crippen LogP contribution in [0.25, 0.3) is 0 Å². The van der Waals surface area contributed by atoms with Crippen molar-refractivity contribution < 1.29 is 27.2 Å². The van der Waals surface area contributed by atoms with Crippen LogP contribution < -0.4 is 5.32 Å². The summed E-state index contributed by atoms with van der Waals surface area (Å²) in [6.45, 7) is 1.69. The Morgan fingerprint density at radius 3 is 2.67 bits per heavy atom. The second kappa shape index (κ2) is 7.51. The zero-order valence-electron chi connectivity index (χ0n) is 11.2. The molecule has 1 heterocycles. The minimum Gasteiger partial charge on any atom is -0.459 e. The molecule has 0 aliphatic heterocycles. The first-order valence-electron chi connectivity index (χ1n) is 6.10. The fourth-order valence-electron chi connectivity index (χ4n) is 1.56. The lowest BCUT2D eigenvalue weighted by molar-refractivity contribution is -0.160. The van der Waals surface area contributed by atoms with Gasteiger partial charge in [0.25, 0.3) is 5.91 Å². The fourth-order valence-corrected chi connectivity index (χ4v) is 1.56. The van der Waals surface area contributed by atoms with Gasteiger partial charge in [0.05, 0.1) is 6.26 Å². The largest absolute Gasteiger partial charge is 0.459 e. The van der Waals surface area contributed by atoms with Gasteiger partial charge in [-0.3, -0.25) is 9.59 Å². The number of rotatable bonds is 7. The molecule has 116 valence electrons. The first-order valence-corrected chi connectivity index (χ1v) is 6.10. The van der Waals surface area contributed by atoms with Crippen molar-refractivity contribution in [2.45, 2.75) is 12.6 Å². The Labute approximate surface area is 119 Å².